The summed E-state index contributed by atoms with van der Waals surface area (Å²) in [5, 5.41) is 9.45. The average molecular weight is 626 g/mol. The number of fused-ring (bicyclic) bond motifs is 9. The van der Waals surface area contributed by atoms with Crippen LogP contribution in [0, 0.1) is 0 Å². The fourth-order valence-electron chi connectivity index (χ4n) is 7.22. The van der Waals surface area contributed by atoms with E-state index in [1.54, 1.807) is 0 Å². The van der Waals surface area contributed by atoms with Crippen LogP contribution in [0.3, 0.4) is 0 Å². The highest BCUT2D eigenvalue weighted by Crippen LogP contribution is 2.41. The molecule has 0 saturated carbocycles. The van der Waals surface area contributed by atoms with Crippen molar-refractivity contribution in [3.05, 3.63) is 164 Å². The zero-order valence-corrected chi connectivity index (χ0v) is 26.3. The minimum atomic E-state index is 0.644. The summed E-state index contributed by atoms with van der Waals surface area (Å²) in [6.45, 7) is 0. The number of benzene rings is 8. The van der Waals surface area contributed by atoms with Crippen molar-refractivity contribution in [2.24, 2.45) is 0 Å². The van der Waals surface area contributed by atoms with Gasteiger partial charge in [-0.05, 0) is 67.7 Å². The Kier molecular flexibility index (Phi) is 6.15. The molecule has 0 fully saturated rings. The molecule has 0 bridgehead atoms. The molecule has 0 atom stereocenters. The van der Waals surface area contributed by atoms with Gasteiger partial charge in [-0.1, -0.05) is 140 Å². The van der Waals surface area contributed by atoms with Gasteiger partial charge in [-0.2, -0.15) is 0 Å². The monoisotopic (exact) mass is 625 g/mol. The Hall–Kier alpha value is -6.65. The second kappa shape index (κ2) is 11.0. The molecule has 0 spiro atoms. The molecule has 2 heterocycles. The summed E-state index contributed by atoms with van der Waals surface area (Å²) < 4.78 is 6.24. The van der Waals surface area contributed by atoms with E-state index >= 15 is 0 Å². The predicted octanol–water partition coefficient (Wildman–Crippen LogP) is 11.9. The molecule has 49 heavy (non-hydrogen) atoms. The molecule has 4 nitrogen and oxygen atoms in total. The highest BCUT2D eigenvalue weighted by atomic mass is 16.3. The van der Waals surface area contributed by atoms with Crippen LogP contribution in [0.25, 0.3) is 99.5 Å². The van der Waals surface area contributed by atoms with Crippen LogP contribution in [0.2, 0.25) is 0 Å². The molecule has 0 unspecified atom stereocenters. The summed E-state index contributed by atoms with van der Waals surface area (Å²) >= 11 is 0. The number of aromatic nitrogens is 3. The zero-order chi connectivity index (χ0) is 32.3. The number of para-hydroxylation sites is 1. The molecule has 0 aliphatic carbocycles. The predicted molar refractivity (Wildman–Crippen MR) is 201 cm³/mol. The van der Waals surface area contributed by atoms with Crippen LogP contribution in [0.15, 0.2) is 168 Å². The minimum Gasteiger partial charge on any atom is -0.456 e. The Bertz CT molecular complexity index is 2820. The summed E-state index contributed by atoms with van der Waals surface area (Å²) in [6.07, 6.45) is 0. The van der Waals surface area contributed by atoms with Crippen LogP contribution in [0.4, 0.5) is 0 Å². The van der Waals surface area contributed by atoms with E-state index in [0.717, 1.165) is 55.1 Å². The first kappa shape index (κ1) is 27.5. The average Bonchev–Trinajstić information content (AvgIpc) is 3.57. The van der Waals surface area contributed by atoms with E-state index in [9.17, 15) is 0 Å². The maximum absolute atomic E-state index is 6.24. The number of rotatable bonds is 4. The standard InChI is InChI=1S/C45H27N3O/c1-3-12-28(13-4-1)43-46-44(29-14-5-2-6-15-29)48-45(47-43)31-23-25-36-38-26-30(22-24-35(38)33-16-7-8-17-34(33)39(36)27-31)32-19-11-21-41-42(32)37-18-9-10-20-40(37)49-41/h1-27H. The molecule has 8 aromatic carbocycles. The van der Waals surface area contributed by atoms with E-state index in [4.69, 9.17) is 19.4 Å². The molecule has 0 aliphatic heterocycles. The fourth-order valence-corrected chi connectivity index (χ4v) is 7.22. The van der Waals surface area contributed by atoms with Crippen molar-refractivity contribution < 1.29 is 4.42 Å². The fraction of sp³-hybridized carbons (Fsp3) is 0. The molecule has 10 aromatic rings. The van der Waals surface area contributed by atoms with Gasteiger partial charge in [0, 0.05) is 27.5 Å². The second-order valence-corrected chi connectivity index (χ2v) is 12.4. The molecule has 0 N–H and O–H groups in total. The van der Waals surface area contributed by atoms with E-state index in [1.807, 2.05) is 72.8 Å². The molecule has 0 saturated heterocycles. The van der Waals surface area contributed by atoms with Crippen LogP contribution in [-0.4, -0.2) is 15.0 Å². The molecule has 0 amide bonds. The van der Waals surface area contributed by atoms with Crippen LogP contribution >= 0.6 is 0 Å². The summed E-state index contributed by atoms with van der Waals surface area (Å²) in [6, 6.07) is 57.0. The van der Waals surface area contributed by atoms with Crippen LogP contribution in [0.1, 0.15) is 0 Å². The van der Waals surface area contributed by atoms with Gasteiger partial charge in [-0.15, -0.1) is 0 Å². The van der Waals surface area contributed by atoms with Crippen molar-refractivity contribution >= 4 is 54.3 Å². The number of hydrogen-bond acceptors (Lipinski definition) is 4. The largest absolute Gasteiger partial charge is 0.456 e. The Labute approximate surface area is 282 Å². The highest BCUT2D eigenvalue weighted by Gasteiger charge is 2.17. The molecule has 228 valence electrons. The Morgan fingerprint density at radius 1 is 0.306 bits per heavy atom. The van der Waals surface area contributed by atoms with E-state index < -0.39 is 0 Å². The summed E-state index contributed by atoms with van der Waals surface area (Å²) in [5.74, 6) is 1.95. The Morgan fingerprint density at radius 3 is 1.45 bits per heavy atom. The summed E-state index contributed by atoms with van der Waals surface area (Å²) in [5.41, 5.74) is 6.96. The third kappa shape index (κ3) is 4.49. The van der Waals surface area contributed by atoms with Gasteiger partial charge in [0.15, 0.2) is 17.5 Å². The Balaban J connectivity index is 1.21. The van der Waals surface area contributed by atoms with E-state index in [-0.39, 0.29) is 0 Å². The normalized spacial score (nSPS) is 11.7. The molecule has 0 radical (unpaired) electrons. The molecule has 4 heteroatoms. The maximum atomic E-state index is 6.24. The molecule has 10 rings (SSSR count). The third-order valence-corrected chi connectivity index (χ3v) is 9.51. The second-order valence-electron chi connectivity index (χ2n) is 12.4. The van der Waals surface area contributed by atoms with Crippen molar-refractivity contribution in [1.29, 1.82) is 0 Å². The van der Waals surface area contributed by atoms with Crippen molar-refractivity contribution in [1.82, 2.24) is 15.0 Å². The smallest absolute Gasteiger partial charge is 0.164 e. The first-order chi connectivity index (χ1) is 24.3. The lowest BCUT2D eigenvalue weighted by Crippen LogP contribution is -2.00. The highest BCUT2D eigenvalue weighted by molar-refractivity contribution is 6.26. The van der Waals surface area contributed by atoms with Gasteiger partial charge in [0.2, 0.25) is 0 Å². The third-order valence-electron chi connectivity index (χ3n) is 9.51. The quantitative estimate of drug-likeness (QED) is 0.183. The van der Waals surface area contributed by atoms with Gasteiger partial charge in [-0.3, -0.25) is 0 Å². The number of furan rings is 1. The molecular formula is C45H27N3O. The van der Waals surface area contributed by atoms with Gasteiger partial charge >= 0.3 is 0 Å². The maximum Gasteiger partial charge on any atom is 0.164 e. The van der Waals surface area contributed by atoms with Crippen LogP contribution < -0.4 is 0 Å². The van der Waals surface area contributed by atoms with E-state index in [0.29, 0.717) is 17.5 Å². The summed E-state index contributed by atoms with van der Waals surface area (Å²) in [7, 11) is 0. The first-order valence-electron chi connectivity index (χ1n) is 16.4. The number of hydrogen-bond donors (Lipinski definition) is 0. The van der Waals surface area contributed by atoms with Crippen molar-refractivity contribution in [2.45, 2.75) is 0 Å². The topological polar surface area (TPSA) is 51.8 Å². The minimum absolute atomic E-state index is 0.644. The molecule has 0 aliphatic rings. The van der Waals surface area contributed by atoms with E-state index in [2.05, 4.69) is 91.0 Å². The van der Waals surface area contributed by atoms with Gasteiger partial charge in [0.05, 0.1) is 0 Å². The van der Waals surface area contributed by atoms with Crippen molar-refractivity contribution in [3.63, 3.8) is 0 Å². The van der Waals surface area contributed by atoms with Gasteiger partial charge in [0.25, 0.3) is 0 Å². The molecular weight excluding hydrogens is 599 g/mol. The van der Waals surface area contributed by atoms with Crippen molar-refractivity contribution in [2.75, 3.05) is 0 Å². The Morgan fingerprint density at radius 2 is 0.776 bits per heavy atom. The number of nitrogens with zero attached hydrogens (tertiary/aromatic N) is 3. The lowest BCUT2D eigenvalue weighted by molar-refractivity contribution is 0.669. The van der Waals surface area contributed by atoms with Gasteiger partial charge in [-0.25, -0.2) is 15.0 Å². The SMILES string of the molecule is c1ccc(-c2nc(-c3ccccc3)nc(-c3ccc4c(c3)c3ccccc3c3ccc(-c5cccc6oc7ccccc7c56)cc34)n2)cc1. The van der Waals surface area contributed by atoms with Gasteiger partial charge in [0.1, 0.15) is 11.2 Å². The van der Waals surface area contributed by atoms with Crippen molar-refractivity contribution in [3.8, 4) is 45.3 Å². The lowest BCUT2D eigenvalue weighted by Gasteiger charge is -2.14. The molecule has 2 aromatic heterocycles. The first-order valence-corrected chi connectivity index (χ1v) is 16.4. The zero-order valence-electron chi connectivity index (χ0n) is 26.3. The van der Waals surface area contributed by atoms with Gasteiger partial charge < -0.3 is 4.42 Å². The van der Waals surface area contributed by atoms with Crippen LogP contribution in [-0.2, 0) is 0 Å². The van der Waals surface area contributed by atoms with Crippen LogP contribution in [0.5, 0.6) is 0 Å². The van der Waals surface area contributed by atoms with E-state index in [1.165, 1.54) is 26.9 Å². The summed E-state index contributed by atoms with van der Waals surface area (Å²) in [4.78, 5) is 14.9. The lowest BCUT2D eigenvalue weighted by atomic mass is 9.90.